The van der Waals surface area contributed by atoms with Crippen LogP contribution in [0.15, 0.2) is 54.9 Å². The summed E-state index contributed by atoms with van der Waals surface area (Å²) in [6, 6.07) is 10.5. The van der Waals surface area contributed by atoms with Crippen LogP contribution >= 0.6 is 0 Å². The maximum absolute atomic E-state index is 12.9. The van der Waals surface area contributed by atoms with Gasteiger partial charge in [-0.05, 0) is 35.4 Å². The molecule has 1 atom stereocenters. The molecule has 0 spiro atoms. The van der Waals surface area contributed by atoms with E-state index in [2.05, 4.69) is 10.2 Å². The molecule has 9 heteroatoms. The molecule has 0 fully saturated rings. The molecule has 2 heterocycles. The zero-order chi connectivity index (χ0) is 21.3. The second kappa shape index (κ2) is 7.83. The van der Waals surface area contributed by atoms with E-state index in [1.54, 1.807) is 17.3 Å². The molecule has 4 rings (SSSR count). The lowest BCUT2D eigenvalue weighted by Crippen LogP contribution is -2.32. The van der Waals surface area contributed by atoms with Crippen LogP contribution in [0.25, 0.3) is 11.1 Å². The van der Waals surface area contributed by atoms with Crippen molar-refractivity contribution in [1.82, 2.24) is 15.1 Å². The molecule has 0 saturated heterocycles. The highest BCUT2D eigenvalue weighted by atomic mass is 19.4. The van der Waals surface area contributed by atoms with Gasteiger partial charge in [-0.15, -0.1) is 0 Å². The minimum atomic E-state index is -4.76. The third kappa shape index (κ3) is 4.02. The van der Waals surface area contributed by atoms with Gasteiger partial charge >= 0.3 is 6.18 Å². The summed E-state index contributed by atoms with van der Waals surface area (Å²) in [5.41, 5.74) is 2.57. The number of amides is 1. The molecule has 0 bridgehead atoms. The molecule has 0 saturated carbocycles. The van der Waals surface area contributed by atoms with Crippen LogP contribution in [0.2, 0.25) is 0 Å². The number of carbonyl (C=O) groups excluding carboxylic acids is 1. The quantitative estimate of drug-likeness (QED) is 0.681. The number of rotatable bonds is 3. The normalized spacial score (nSPS) is 15.1. The lowest BCUT2D eigenvalue weighted by Gasteiger charge is -2.21. The number of alkyl halides is 3. The number of benzene rings is 2. The van der Waals surface area contributed by atoms with Gasteiger partial charge in [-0.2, -0.15) is 18.3 Å². The molecular formula is C21H18F3N3O3. The predicted molar refractivity (Wildman–Crippen MR) is 102 cm³/mol. The first-order valence-electron chi connectivity index (χ1n) is 9.22. The van der Waals surface area contributed by atoms with Crippen LogP contribution in [-0.2, 0) is 6.54 Å². The Bertz CT molecular complexity index is 1030. The molecule has 0 radical (unpaired) electrons. The van der Waals surface area contributed by atoms with Crippen molar-refractivity contribution in [2.24, 2.45) is 0 Å². The van der Waals surface area contributed by atoms with Crippen LogP contribution in [0.1, 0.15) is 27.6 Å². The molecule has 1 aliphatic heterocycles. The van der Waals surface area contributed by atoms with E-state index in [1.807, 2.05) is 18.2 Å². The number of hydrogen-bond donors (Lipinski definition) is 2. The van der Waals surface area contributed by atoms with Crippen molar-refractivity contribution in [3.8, 4) is 16.9 Å². The van der Waals surface area contributed by atoms with Gasteiger partial charge < -0.3 is 14.7 Å². The molecule has 156 valence electrons. The average molecular weight is 417 g/mol. The molecule has 1 aromatic heterocycles. The molecule has 2 aromatic carbocycles. The van der Waals surface area contributed by atoms with E-state index in [1.165, 1.54) is 12.1 Å². The maximum Gasteiger partial charge on any atom is 0.418 e. The molecule has 0 aliphatic carbocycles. The molecular weight excluding hydrogens is 399 g/mol. The van der Waals surface area contributed by atoms with Gasteiger partial charge in [0.05, 0.1) is 12.7 Å². The third-order valence-corrected chi connectivity index (χ3v) is 4.94. The Morgan fingerprint density at radius 3 is 2.60 bits per heavy atom. The Kier molecular flexibility index (Phi) is 5.21. The second-order valence-corrected chi connectivity index (χ2v) is 6.95. The number of H-pyrrole nitrogens is 1. The topological polar surface area (TPSA) is 78.4 Å². The van der Waals surface area contributed by atoms with E-state index in [-0.39, 0.29) is 17.0 Å². The van der Waals surface area contributed by atoms with Crippen molar-refractivity contribution in [3.63, 3.8) is 0 Å². The zero-order valence-electron chi connectivity index (χ0n) is 15.7. The van der Waals surface area contributed by atoms with Crippen LogP contribution in [0.3, 0.4) is 0 Å². The van der Waals surface area contributed by atoms with E-state index < -0.39 is 12.3 Å². The zero-order valence-corrected chi connectivity index (χ0v) is 15.7. The van der Waals surface area contributed by atoms with Crippen molar-refractivity contribution in [2.45, 2.75) is 18.8 Å². The standard InChI is InChI=1S/C21H18F3N3O3/c22-21(23,24)19(28)13-1-3-14(4-2-13)20(29)27-7-8-30-18-6-5-15(9-16(18)12-27)17-10-25-26-11-17/h1-6,9-11,19,28H,7-8,12H2,(H,25,26). The Morgan fingerprint density at radius 1 is 1.17 bits per heavy atom. The Labute approximate surface area is 169 Å². The van der Waals surface area contributed by atoms with Crippen molar-refractivity contribution < 1.29 is 27.8 Å². The Balaban J connectivity index is 1.55. The van der Waals surface area contributed by atoms with Gasteiger partial charge in [-0.3, -0.25) is 9.89 Å². The monoisotopic (exact) mass is 417 g/mol. The summed E-state index contributed by atoms with van der Waals surface area (Å²) in [4.78, 5) is 14.5. The van der Waals surface area contributed by atoms with Gasteiger partial charge in [0.1, 0.15) is 12.4 Å². The number of nitrogens with zero attached hydrogens (tertiary/aromatic N) is 2. The first-order chi connectivity index (χ1) is 14.3. The number of aromatic amines is 1. The largest absolute Gasteiger partial charge is 0.491 e. The average Bonchev–Trinajstić information content (AvgIpc) is 3.19. The molecule has 2 N–H and O–H groups in total. The van der Waals surface area contributed by atoms with Gasteiger partial charge in [0.25, 0.3) is 5.91 Å². The number of fused-ring (bicyclic) bond motifs is 1. The lowest BCUT2D eigenvalue weighted by atomic mass is 10.0. The summed E-state index contributed by atoms with van der Waals surface area (Å²) in [6.07, 6.45) is -3.89. The molecule has 1 amide bonds. The first-order valence-corrected chi connectivity index (χ1v) is 9.22. The summed E-state index contributed by atoms with van der Waals surface area (Å²) in [5, 5.41) is 16.0. The number of carbonyl (C=O) groups is 1. The number of hydrogen-bond acceptors (Lipinski definition) is 4. The van der Waals surface area contributed by atoms with Crippen molar-refractivity contribution >= 4 is 5.91 Å². The molecule has 6 nitrogen and oxygen atoms in total. The highest BCUT2D eigenvalue weighted by Crippen LogP contribution is 2.33. The maximum atomic E-state index is 12.9. The summed E-state index contributed by atoms with van der Waals surface area (Å²) < 4.78 is 43.7. The minimum Gasteiger partial charge on any atom is -0.491 e. The second-order valence-electron chi connectivity index (χ2n) is 6.95. The van der Waals surface area contributed by atoms with Crippen LogP contribution < -0.4 is 4.74 Å². The fraction of sp³-hybridized carbons (Fsp3) is 0.238. The van der Waals surface area contributed by atoms with Gasteiger partial charge in [-0.1, -0.05) is 18.2 Å². The number of aromatic nitrogens is 2. The Hall–Kier alpha value is -3.33. The van der Waals surface area contributed by atoms with Crippen LogP contribution in [0.5, 0.6) is 5.75 Å². The fourth-order valence-electron chi connectivity index (χ4n) is 3.34. The molecule has 1 aliphatic rings. The van der Waals surface area contributed by atoms with Crippen LogP contribution in [-0.4, -0.2) is 45.4 Å². The SMILES string of the molecule is O=C(c1ccc(C(O)C(F)(F)F)cc1)N1CCOc2ccc(-c3cn[nH]c3)cc2C1. The van der Waals surface area contributed by atoms with Crippen LogP contribution in [0.4, 0.5) is 13.2 Å². The van der Waals surface area contributed by atoms with E-state index in [4.69, 9.17) is 4.74 Å². The molecule has 30 heavy (non-hydrogen) atoms. The predicted octanol–water partition coefficient (Wildman–Crippen LogP) is 3.71. The summed E-state index contributed by atoms with van der Waals surface area (Å²) in [7, 11) is 0. The van der Waals surface area contributed by atoms with Gasteiger partial charge in [0.2, 0.25) is 0 Å². The number of nitrogens with one attached hydrogen (secondary N) is 1. The highest BCUT2D eigenvalue weighted by Gasteiger charge is 2.39. The summed E-state index contributed by atoms with van der Waals surface area (Å²) in [5.74, 6) is 0.356. The molecule has 1 unspecified atom stereocenters. The Morgan fingerprint density at radius 2 is 1.93 bits per heavy atom. The van der Waals surface area contributed by atoms with E-state index in [9.17, 15) is 23.1 Å². The minimum absolute atomic E-state index is 0.238. The summed E-state index contributed by atoms with van der Waals surface area (Å²) >= 11 is 0. The van der Waals surface area contributed by atoms with Gasteiger partial charge in [0.15, 0.2) is 6.10 Å². The number of halogens is 3. The first kappa shape index (κ1) is 20.0. The third-order valence-electron chi connectivity index (χ3n) is 4.94. The number of ether oxygens (including phenoxy) is 1. The van der Waals surface area contributed by atoms with Gasteiger partial charge in [0, 0.05) is 29.4 Å². The van der Waals surface area contributed by atoms with Crippen molar-refractivity contribution in [3.05, 3.63) is 71.5 Å². The van der Waals surface area contributed by atoms with E-state index in [0.717, 1.165) is 28.8 Å². The van der Waals surface area contributed by atoms with Gasteiger partial charge in [-0.25, -0.2) is 0 Å². The summed E-state index contributed by atoms with van der Waals surface area (Å²) in [6.45, 7) is 0.933. The smallest absolute Gasteiger partial charge is 0.418 e. The lowest BCUT2D eigenvalue weighted by molar-refractivity contribution is -0.206. The molecule has 3 aromatic rings. The highest BCUT2D eigenvalue weighted by molar-refractivity contribution is 5.94. The van der Waals surface area contributed by atoms with E-state index >= 15 is 0 Å². The van der Waals surface area contributed by atoms with Crippen molar-refractivity contribution in [1.29, 1.82) is 0 Å². The number of aliphatic hydroxyl groups is 1. The fourth-order valence-corrected chi connectivity index (χ4v) is 3.34. The van der Waals surface area contributed by atoms with Crippen molar-refractivity contribution in [2.75, 3.05) is 13.2 Å². The van der Waals surface area contributed by atoms with E-state index in [0.29, 0.717) is 25.4 Å². The van der Waals surface area contributed by atoms with Crippen LogP contribution in [0, 0.1) is 0 Å². The number of aliphatic hydroxyl groups excluding tert-OH is 1.